The lowest BCUT2D eigenvalue weighted by atomic mass is 10.1. The van der Waals surface area contributed by atoms with Crippen LogP contribution in [0.5, 0.6) is 0 Å². The minimum absolute atomic E-state index is 0.0877. The standard InChI is InChI=1S/C14H13N3O2/c1-8-16-12(14(18)19)13(17(8)2)10-7-15-11-6-4-3-5-9(10)11/h3-7,15H,1-2H3,(H,18,19). The van der Waals surface area contributed by atoms with Crippen LogP contribution in [0.1, 0.15) is 16.3 Å². The van der Waals surface area contributed by atoms with Crippen LogP contribution in [0, 0.1) is 6.92 Å². The van der Waals surface area contributed by atoms with Crippen molar-refractivity contribution >= 4 is 16.9 Å². The fourth-order valence-electron chi connectivity index (χ4n) is 2.34. The van der Waals surface area contributed by atoms with Crippen molar-refractivity contribution in [2.75, 3.05) is 0 Å². The van der Waals surface area contributed by atoms with Crippen molar-refractivity contribution in [3.05, 3.63) is 42.0 Å². The number of hydrogen-bond acceptors (Lipinski definition) is 2. The van der Waals surface area contributed by atoms with E-state index in [2.05, 4.69) is 9.97 Å². The second-order valence-corrected chi connectivity index (χ2v) is 4.47. The summed E-state index contributed by atoms with van der Waals surface area (Å²) in [6.07, 6.45) is 1.83. The van der Waals surface area contributed by atoms with E-state index >= 15 is 0 Å². The van der Waals surface area contributed by atoms with Crippen molar-refractivity contribution in [1.82, 2.24) is 14.5 Å². The highest BCUT2D eigenvalue weighted by molar-refractivity contribution is 6.01. The van der Waals surface area contributed by atoms with E-state index in [0.717, 1.165) is 16.5 Å². The topological polar surface area (TPSA) is 70.9 Å². The number of fused-ring (bicyclic) bond motifs is 1. The molecule has 0 saturated heterocycles. The number of aromatic amines is 1. The number of nitrogens with one attached hydrogen (secondary N) is 1. The second-order valence-electron chi connectivity index (χ2n) is 4.47. The molecular weight excluding hydrogens is 242 g/mol. The number of aryl methyl sites for hydroxylation is 1. The van der Waals surface area contributed by atoms with Crippen LogP contribution < -0.4 is 0 Å². The Morgan fingerprint density at radius 2 is 2.11 bits per heavy atom. The van der Waals surface area contributed by atoms with E-state index in [9.17, 15) is 9.90 Å². The fourth-order valence-corrected chi connectivity index (χ4v) is 2.34. The van der Waals surface area contributed by atoms with E-state index in [1.807, 2.05) is 37.5 Å². The molecule has 5 heteroatoms. The van der Waals surface area contributed by atoms with Crippen LogP contribution in [0.25, 0.3) is 22.2 Å². The van der Waals surface area contributed by atoms with Gasteiger partial charge in [-0.05, 0) is 13.0 Å². The number of imidazole rings is 1. The maximum atomic E-state index is 11.3. The Balaban J connectivity index is 2.36. The molecule has 0 aliphatic rings. The van der Waals surface area contributed by atoms with E-state index < -0.39 is 5.97 Å². The molecule has 3 rings (SSSR count). The number of aromatic carboxylic acids is 1. The molecule has 0 saturated carbocycles. The number of aromatic nitrogens is 3. The van der Waals surface area contributed by atoms with Gasteiger partial charge in [-0.25, -0.2) is 9.78 Å². The average molecular weight is 255 g/mol. The van der Waals surface area contributed by atoms with Crippen LogP contribution in [-0.4, -0.2) is 25.6 Å². The van der Waals surface area contributed by atoms with Crippen LogP contribution >= 0.6 is 0 Å². The summed E-state index contributed by atoms with van der Waals surface area (Å²) in [4.78, 5) is 18.6. The summed E-state index contributed by atoms with van der Waals surface area (Å²) in [5.74, 6) is -0.332. The van der Waals surface area contributed by atoms with E-state index in [1.165, 1.54) is 0 Å². The number of para-hydroxylation sites is 1. The van der Waals surface area contributed by atoms with Gasteiger partial charge in [0.15, 0.2) is 5.69 Å². The molecule has 0 aliphatic heterocycles. The van der Waals surface area contributed by atoms with Gasteiger partial charge in [0.05, 0.1) is 5.69 Å². The normalized spacial score (nSPS) is 11.1. The molecule has 1 aromatic carbocycles. The number of nitrogens with zero attached hydrogens (tertiary/aromatic N) is 2. The first kappa shape index (κ1) is 11.5. The Hall–Kier alpha value is -2.56. The molecule has 0 aliphatic carbocycles. The number of rotatable bonds is 2. The zero-order valence-electron chi connectivity index (χ0n) is 10.6. The molecule has 0 bridgehead atoms. The number of carboxylic acids is 1. The first-order chi connectivity index (χ1) is 9.09. The van der Waals surface area contributed by atoms with Gasteiger partial charge in [0, 0.05) is 29.7 Å². The molecule has 0 radical (unpaired) electrons. The minimum Gasteiger partial charge on any atom is -0.476 e. The van der Waals surface area contributed by atoms with Gasteiger partial charge in [0.2, 0.25) is 0 Å². The summed E-state index contributed by atoms with van der Waals surface area (Å²) in [7, 11) is 1.83. The van der Waals surface area contributed by atoms with E-state index in [1.54, 1.807) is 11.5 Å². The molecule has 3 aromatic rings. The highest BCUT2D eigenvalue weighted by Gasteiger charge is 2.21. The summed E-state index contributed by atoms with van der Waals surface area (Å²) >= 11 is 0. The highest BCUT2D eigenvalue weighted by atomic mass is 16.4. The molecule has 19 heavy (non-hydrogen) atoms. The van der Waals surface area contributed by atoms with E-state index in [0.29, 0.717) is 11.5 Å². The SMILES string of the molecule is Cc1nc(C(=O)O)c(-c2c[nH]c3ccccc23)n1C. The molecule has 5 nitrogen and oxygen atoms in total. The van der Waals surface area contributed by atoms with Gasteiger partial charge < -0.3 is 14.7 Å². The smallest absolute Gasteiger partial charge is 0.356 e. The van der Waals surface area contributed by atoms with Crippen molar-refractivity contribution in [3.8, 4) is 11.3 Å². The molecule has 0 unspecified atom stereocenters. The van der Waals surface area contributed by atoms with Crippen molar-refractivity contribution in [2.45, 2.75) is 6.92 Å². The largest absolute Gasteiger partial charge is 0.476 e. The summed E-state index contributed by atoms with van der Waals surface area (Å²) in [6.45, 7) is 1.80. The van der Waals surface area contributed by atoms with Gasteiger partial charge in [0.25, 0.3) is 0 Å². The molecule has 0 fully saturated rings. The second kappa shape index (κ2) is 3.98. The Labute approximate surface area is 109 Å². The Bertz CT molecular complexity index is 783. The summed E-state index contributed by atoms with van der Waals surface area (Å²) < 4.78 is 1.80. The average Bonchev–Trinajstić information content (AvgIpc) is 2.92. The third-order valence-electron chi connectivity index (χ3n) is 3.37. The van der Waals surface area contributed by atoms with Crippen molar-refractivity contribution < 1.29 is 9.90 Å². The molecule has 0 spiro atoms. The summed E-state index contributed by atoms with van der Waals surface area (Å²) in [6, 6.07) is 7.80. The number of hydrogen-bond donors (Lipinski definition) is 2. The van der Waals surface area contributed by atoms with E-state index in [4.69, 9.17) is 0 Å². The van der Waals surface area contributed by atoms with Gasteiger partial charge in [0.1, 0.15) is 5.82 Å². The first-order valence-corrected chi connectivity index (χ1v) is 5.92. The third-order valence-corrected chi connectivity index (χ3v) is 3.37. The molecule has 0 amide bonds. The summed E-state index contributed by atoms with van der Waals surface area (Å²) in [5.41, 5.74) is 2.55. The van der Waals surface area contributed by atoms with Crippen molar-refractivity contribution in [1.29, 1.82) is 0 Å². The third kappa shape index (κ3) is 1.62. The fraction of sp³-hybridized carbons (Fsp3) is 0.143. The minimum atomic E-state index is -1.01. The first-order valence-electron chi connectivity index (χ1n) is 5.92. The number of H-pyrrole nitrogens is 1. The molecule has 0 atom stereocenters. The molecule has 2 aromatic heterocycles. The highest BCUT2D eigenvalue weighted by Crippen LogP contribution is 2.31. The molecule has 2 N–H and O–H groups in total. The van der Waals surface area contributed by atoms with Gasteiger partial charge in [-0.3, -0.25) is 0 Å². The monoisotopic (exact) mass is 255 g/mol. The summed E-state index contributed by atoms with van der Waals surface area (Å²) in [5, 5.41) is 10.3. The van der Waals surface area contributed by atoms with Crippen molar-refractivity contribution in [3.63, 3.8) is 0 Å². The van der Waals surface area contributed by atoms with Gasteiger partial charge in [-0.15, -0.1) is 0 Å². The van der Waals surface area contributed by atoms with E-state index in [-0.39, 0.29) is 5.69 Å². The maximum absolute atomic E-state index is 11.3. The Morgan fingerprint density at radius 3 is 2.84 bits per heavy atom. The quantitative estimate of drug-likeness (QED) is 0.739. The number of carbonyl (C=O) groups is 1. The lowest BCUT2D eigenvalue weighted by molar-refractivity contribution is 0.0692. The molecular formula is C14H13N3O2. The maximum Gasteiger partial charge on any atom is 0.356 e. The van der Waals surface area contributed by atoms with Crippen LogP contribution in [0.2, 0.25) is 0 Å². The predicted molar refractivity (Wildman–Crippen MR) is 72.2 cm³/mol. The molecule has 96 valence electrons. The van der Waals surface area contributed by atoms with Gasteiger partial charge in [-0.2, -0.15) is 0 Å². The Morgan fingerprint density at radius 1 is 1.37 bits per heavy atom. The zero-order chi connectivity index (χ0) is 13.6. The van der Waals surface area contributed by atoms with Crippen molar-refractivity contribution in [2.24, 2.45) is 7.05 Å². The van der Waals surface area contributed by atoms with Crippen LogP contribution in [0.4, 0.5) is 0 Å². The zero-order valence-corrected chi connectivity index (χ0v) is 10.6. The van der Waals surface area contributed by atoms with Gasteiger partial charge in [-0.1, -0.05) is 18.2 Å². The van der Waals surface area contributed by atoms with Crippen LogP contribution in [0.15, 0.2) is 30.5 Å². The number of benzene rings is 1. The Kier molecular flexibility index (Phi) is 2.41. The lowest BCUT2D eigenvalue weighted by Crippen LogP contribution is -2.01. The van der Waals surface area contributed by atoms with Crippen LogP contribution in [0.3, 0.4) is 0 Å². The molecule has 2 heterocycles. The van der Waals surface area contributed by atoms with Crippen LogP contribution in [-0.2, 0) is 7.05 Å². The predicted octanol–water partition coefficient (Wildman–Crippen LogP) is 2.58. The van der Waals surface area contributed by atoms with Gasteiger partial charge >= 0.3 is 5.97 Å². The lowest BCUT2D eigenvalue weighted by Gasteiger charge is -2.03. The number of carboxylic acid groups (broad SMARTS) is 1.